The molecule has 0 spiro atoms. The summed E-state index contributed by atoms with van der Waals surface area (Å²) in [5, 5.41) is 11.7. The van der Waals surface area contributed by atoms with E-state index in [0.717, 1.165) is 5.56 Å². The summed E-state index contributed by atoms with van der Waals surface area (Å²) in [6.45, 7) is 12.6. The van der Waals surface area contributed by atoms with Crippen molar-refractivity contribution in [1.82, 2.24) is 0 Å². The third-order valence-electron chi connectivity index (χ3n) is 2.38. The normalized spacial score (nSPS) is 10.9. The Balaban J connectivity index is 0. The first-order valence-corrected chi connectivity index (χ1v) is 5.65. The molecule has 0 saturated carbocycles. The van der Waals surface area contributed by atoms with Crippen LogP contribution < -0.4 is 5.11 Å². The molecule has 0 heterocycles. The Morgan fingerprint density at radius 1 is 1.06 bits per heavy atom. The summed E-state index contributed by atoms with van der Waals surface area (Å²) < 4.78 is 0. The van der Waals surface area contributed by atoms with Gasteiger partial charge >= 0.3 is 37.7 Å². The van der Waals surface area contributed by atoms with Crippen LogP contribution in [-0.4, -0.2) is 44.5 Å². The second-order valence-electron chi connectivity index (χ2n) is 5.73. The van der Waals surface area contributed by atoms with Crippen LogP contribution in [0.4, 0.5) is 0 Å². The quantitative estimate of drug-likeness (QED) is 0.614. The average Bonchev–Trinajstić information content (AvgIpc) is 2.17. The molecule has 96 valence electrons. The molecule has 1 rings (SSSR count). The number of benzene rings is 1. The molecular weight excluding hydrogens is 252 g/mol. The average molecular weight is 274 g/mol. The zero-order valence-electron chi connectivity index (χ0n) is 12.1. The van der Waals surface area contributed by atoms with E-state index < -0.39 is 0 Å². The van der Waals surface area contributed by atoms with Crippen LogP contribution in [0.3, 0.4) is 0 Å². The van der Waals surface area contributed by atoms with Gasteiger partial charge in [-0.05, 0) is 0 Å². The maximum Gasteiger partial charge on any atom is 2.00 e. The van der Waals surface area contributed by atoms with Crippen molar-refractivity contribution in [3.63, 3.8) is 0 Å². The maximum atomic E-state index is 11.7. The molecule has 0 aliphatic heterocycles. The Hall–Kier alpha value is -0.0503. The minimum Gasteiger partial charge on any atom is -0.872 e. The molecule has 2 nitrogen and oxygen atoms in total. The largest absolute Gasteiger partial charge is 2.00 e. The van der Waals surface area contributed by atoms with Crippen LogP contribution in [0.15, 0.2) is 24.3 Å². The fraction of sp³-hybridized carbons (Fsp3) is 0.467. The van der Waals surface area contributed by atoms with E-state index in [2.05, 4.69) is 41.0 Å². The Labute approximate surface area is 141 Å². The van der Waals surface area contributed by atoms with Crippen molar-refractivity contribution in [3.05, 3.63) is 36.2 Å². The first kappa shape index (κ1) is 20.3. The van der Waals surface area contributed by atoms with Gasteiger partial charge in [0.1, 0.15) is 6.79 Å². The molecule has 3 heteroatoms. The van der Waals surface area contributed by atoms with E-state index in [9.17, 15) is 5.11 Å². The van der Waals surface area contributed by atoms with Crippen molar-refractivity contribution in [2.24, 2.45) is 5.41 Å². The molecule has 0 radical (unpaired) electrons. The summed E-state index contributed by atoms with van der Waals surface area (Å²) >= 11 is 0. The van der Waals surface area contributed by atoms with Crippen LogP contribution in [0.5, 0.6) is 5.75 Å². The molecule has 1 aromatic carbocycles. The summed E-state index contributed by atoms with van der Waals surface area (Å²) in [6, 6.07) is 7.27. The Morgan fingerprint density at radius 3 is 1.89 bits per heavy atom. The van der Waals surface area contributed by atoms with Gasteiger partial charge in [-0.2, -0.15) is 5.41 Å². The van der Waals surface area contributed by atoms with Crippen molar-refractivity contribution in [2.75, 3.05) is 0 Å². The number of hydrogen-bond acceptors (Lipinski definition) is 2. The van der Waals surface area contributed by atoms with Crippen molar-refractivity contribution in [2.45, 2.75) is 40.0 Å². The van der Waals surface area contributed by atoms with Gasteiger partial charge < -0.3 is 16.3 Å². The van der Waals surface area contributed by atoms with Crippen LogP contribution in [-0.2, 0) is 10.2 Å². The van der Waals surface area contributed by atoms with Crippen molar-refractivity contribution in [1.29, 1.82) is 0 Å². The summed E-state index contributed by atoms with van der Waals surface area (Å²) in [5.41, 5.74) is 0.822. The SMILES string of the molecule is C=O.CC(C)(C)[CH-]C(C)(C)c1ccccc1[O-].[Ca+2]. The summed E-state index contributed by atoms with van der Waals surface area (Å²) in [4.78, 5) is 8.00. The van der Waals surface area contributed by atoms with Crippen LogP contribution in [0, 0.1) is 11.8 Å². The maximum absolute atomic E-state index is 11.7. The second-order valence-corrected chi connectivity index (χ2v) is 5.73. The van der Waals surface area contributed by atoms with Gasteiger partial charge in [-0.25, -0.2) is 0 Å². The van der Waals surface area contributed by atoms with Crippen LogP contribution in [0.2, 0.25) is 0 Å². The van der Waals surface area contributed by atoms with Gasteiger partial charge in [0, 0.05) is 0 Å². The van der Waals surface area contributed by atoms with E-state index >= 15 is 0 Å². The second kappa shape index (κ2) is 8.19. The molecule has 0 aromatic heterocycles. The monoisotopic (exact) mass is 274 g/mol. The fourth-order valence-electron chi connectivity index (χ4n) is 2.16. The van der Waals surface area contributed by atoms with E-state index in [-0.39, 0.29) is 54.3 Å². The number of hydrogen-bond donors (Lipinski definition) is 0. The molecule has 0 amide bonds. The zero-order valence-corrected chi connectivity index (χ0v) is 14.3. The Morgan fingerprint density at radius 2 is 1.50 bits per heavy atom. The molecule has 0 saturated heterocycles. The van der Waals surface area contributed by atoms with Gasteiger partial charge in [0.25, 0.3) is 0 Å². The number of rotatable bonds is 2. The first-order valence-electron chi connectivity index (χ1n) is 5.65. The van der Waals surface area contributed by atoms with Gasteiger partial charge in [0.05, 0.1) is 0 Å². The van der Waals surface area contributed by atoms with E-state index in [0.29, 0.717) is 0 Å². The van der Waals surface area contributed by atoms with Crippen LogP contribution >= 0.6 is 0 Å². The third-order valence-corrected chi connectivity index (χ3v) is 2.38. The molecule has 0 unspecified atom stereocenters. The van der Waals surface area contributed by atoms with Crippen LogP contribution in [0.25, 0.3) is 0 Å². The smallest absolute Gasteiger partial charge is 0.872 e. The summed E-state index contributed by atoms with van der Waals surface area (Å²) in [7, 11) is 0. The third kappa shape index (κ3) is 6.77. The van der Waals surface area contributed by atoms with Crippen LogP contribution in [0.1, 0.15) is 40.2 Å². The standard InChI is InChI=1S/C14H21O.CH2O.Ca/c1-13(2,3)10-14(4,5)11-8-6-7-9-12(11)15;1-2;/h6-10,15H,1-5H3;1H2;/q-1;;+2/p-1. The molecule has 0 N–H and O–H groups in total. The van der Waals surface area contributed by atoms with Crippen molar-refractivity contribution < 1.29 is 9.90 Å². The van der Waals surface area contributed by atoms with Gasteiger partial charge in [-0.1, -0.05) is 64.4 Å². The zero-order chi connectivity index (χ0) is 13.7. The van der Waals surface area contributed by atoms with Gasteiger partial charge in [0.15, 0.2) is 0 Å². The van der Waals surface area contributed by atoms with Crippen molar-refractivity contribution >= 4 is 44.5 Å². The Bertz CT molecular complexity index is 354. The predicted octanol–water partition coefficient (Wildman–Crippen LogP) is 2.72. The molecule has 0 aliphatic carbocycles. The molecule has 0 fully saturated rings. The van der Waals surface area contributed by atoms with Gasteiger partial charge in [-0.3, -0.25) is 0 Å². The summed E-state index contributed by atoms with van der Waals surface area (Å²) in [6.07, 6.45) is 2.23. The first-order chi connectivity index (χ1) is 7.72. The van der Waals surface area contributed by atoms with E-state index in [1.807, 2.05) is 18.9 Å². The molecule has 0 aliphatic rings. The van der Waals surface area contributed by atoms with E-state index in [1.54, 1.807) is 12.1 Å². The molecular formula is C15H22CaO2. The Kier molecular flexibility index (Phi) is 9.22. The number of carbonyl (C=O) groups excluding carboxylic acids is 1. The van der Waals surface area contributed by atoms with E-state index in [1.165, 1.54) is 0 Å². The van der Waals surface area contributed by atoms with Gasteiger partial charge in [0.2, 0.25) is 0 Å². The molecule has 18 heavy (non-hydrogen) atoms. The topological polar surface area (TPSA) is 40.1 Å². The minimum absolute atomic E-state index is 0. The van der Waals surface area contributed by atoms with E-state index in [4.69, 9.17) is 4.79 Å². The number of carbonyl (C=O) groups is 1. The minimum atomic E-state index is -0.170. The summed E-state index contributed by atoms with van der Waals surface area (Å²) in [5.74, 6) is 0.128. The fourth-order valence-corrected chi connectivity index (χ4v) is 2.16. The molecule has 1 aromatic rings. The van der Waals surface area contributed by atoms with Gasteiger partial charge in [-0.15, -0.1) is 11.2 Å². The molecule has 0 atom stereocenters. The van der Waals surface area contributed by atoms with Crippen molar-refractivity contribution in [3.8, 4) is 5.75 Å². The number of para-hydroxylation sites is 1. The predicted molar refractivity (Wildman–Crippen MR) is 75.5 cm³/mol. The molecule has 0 bridgehead atoms.